The molecule has 0 saturated carbocycles. The van der Waals surface area contributed by atoms with Crippen LogP contribution in [0.15, 0.2) is 48.5 Å². The second-order valence-corrected chi connectivity index (χ2v) is 7.19. The number of fused-ring (bicyclic) bond motifs is 2. The summed E-state index contributed by atoms with van der Waals surface area (Å²) in [6.45, 7) is 0. The smallest absolute Gasteiger partial charge is 0.429 e. The van der Waals surface area contributed by atoms with Crippen molar-refractivity contribution in [3.8, 4) is 17.6 Å². The third-order valence-corrected chi connectivity index (χ3v) is 4.86. The Kier molecular flexibility index (Phi) is 5.79. The average Bonchev–Trinajstić information content (AvgIpc) is 2.71. The SMILES string of the molecule is Fc1cc2cc(OC(F)(F)c3c(F)cc4ccccc4c3F)cc(F)c2c(F)c1C#CC(F)(F)F. The summed E-state index contributed by atoms with van der Waals surface area (Å²) in [7, 11) is 0. The van der Waals surface area contributed by atoms with Crippen molar-refractivity contribution in [2.24, 2.45) is 0 Å². The Hall–Kier alpha value is -3.94. The molecule has 4 rings (SSSR count). The number of hydrogen-bond donors (Lipinski definition) is 0. The molecule has 0 spiro atoms. The van der Waals surface area contributed by atoms with Crippen LogP contribution in [0.3, 0.4) is 0 Å². The van der Waals surface area contributed by atoms with Crippen LogP contribution in [-0.2, 0) is 6.11 Å². The molecule has 0 bridgehead atoms. The van der Waals surface area contributed by atoms with Crippen molar-refractivity contribution >= 4 is 21.5 Å². The van der Waals surface area contributed by atoms with Crippen LogP contribution in [0.5, 0.6) is 5.75 Å². The highest BCUT2D eigenvalue weighted by Gasteiger charge is 2.42. The third kappa shape index (κ3) is 4.56. The summed E-state index contributed by atoms with van der Waals surface area (Å²) in [5.74, 6) is -7.59. The van der Waals surface area contributed by atoms with E-state index in [1.54, 1.807) is 0 Å². The Morgan fingerprint density at radius 3 is 2.03 bits per heavy atom. The molecule has 11 heteroatoms. The second kappa shape index (κ2) is 8.37. The first-order chi connectivity index (χ1) is 16.3. The molecule has 0 radical (unpaired) electrons. The van der Waals surface area contributed by atoms with Gasteiger partial charge in [-0.25, -0.2) is 22.0 Å². The van der Waals surface area contributed by atoms with E-state index in [2.05, 4.69) is 4.74 Å². The quantitative estimate of drug-likeness (QED) is 0.206. The van der Waals surface area contributed by atoms with E-state index in [1.165, 1.54) is 24.1 Å². The lowest BCUT2D eigenvalue weighted by Gasteiger charge is -2.20. The van der Waals surface area contributed by atoms with E-state index in [0.717, 1.165) is 6.07 Å². The van der Waals surface area contributed by atoms with E-state index in [0.29, 0.717) is 24.1 Å². The highest BCUT2D eigenvalue weighted by atomic mass is 19.4. The van der Waals surface area contributed by atoms with Crippen molar-refractivity contribution in [2.45, 2.75) is 12.3 Å². The van der Waals surface area contributed by atoms with E-state index in [9.17, 15) is 43.9 Å². The van der Waals surface area contributed by atoms with Crippen LogP contribution in [-0.4, -0.2) is 6.18 Å². The van der Waals surface area contributed by atoms with Crippen LogP contribution in [0.1, 0.15) is 11.1 Å². The third-order valence-electron chi connectivity index (χ3n) is 4.86. The highest BCUT2D eigenvalue weighted by molar-refractivity contribution is 5.87. The molecule has 4 aromatic rings. The van der Waals surface area contributed by atoms with Gasteiger partial charge in [0.15, 0.2) is 5.82 Å². The van der Waals surface area contributed by atoms with E-state index >= 15 is 0 Å². The second-order valence-electron chi connectivity index (χ2n) is 7.19. The fraction of sp³-hybridized carbons (Fsp3) is 0.0833. The minimum Gasteiger partial charge on any atom is -0.429 e. The fourth-order valence-corrected chi connectivity index (χ4v) is 3.43. The molecule has 0 aromatic heterocycles. The lowest BCUT2D eigenvalue weighted by molar-refractivity contribution is -0.189. The zero-order chi connectivity index (χ0) is 25.7. The average molecular weight is 502 g/mol. The van der Waals surface area contributed by atoms with Crippen LogP contribution in [0.25, 0.3) is 21.5 Å². The van der Waals surface area contributed by atoms with Crippen molar-refractivity contribution < 1.29 is 48.6 Å². The van der Waals surface area contributed by atoms with Gasteiger partial charge in [-0.1, -0.05) is 30.2 Å². The molecular formula is C24H8F10O. The minimum absolute atomic E-state index is 0.0193. The molecule has 0 heterocycles. The van der Waals surface area contributed by atoms with Gasteiger partial charge in [0.25, 0.3) is 0 Å². The maximum Gasteiger partial charge on any atom is 0.458 e. The minimum atomic E-state index is -5.09. The van der Waals surface area contributed by atoms with E-state index in [1.807, 2.05) is 0 Å². The van der Waals surface area contributed by atoms with E-state index in [-0.39, 0.29) is 16.8 Å². The Labute approximate surface area is 189 Å². The number of ether oxygens (including phenoxy) is 1. The number of alkyl halides is 5. The molecule has 0 aliphatic rings. The van der Waals surface area contributed by atoms with Gasteiger partial charge in [-0.05, 0) is 29.0 Å². The van der Waals surface area contributed by atoms with E-state index in [4.69, 9.17) is 0 Å². The van der Waals surface area contributed by atoms with Gasteiger partial charge in [0, 0.05) is 17.4 Å². The molecule has 180 valence electrons. The lowest BCUT2D eigenvalue weighted by atomic mass is 10.0. The molecule has 0 fully saturated rings. The predicted molar refractivity (Wildman–Crippen MR) is 105 cm³/mol. The van der Waals surface area contributed by atoms with Crippen LogP contribution < -0.4 is 4.74 Å². The van der Waals surface area contributed by atoms with Crippen LogP contribution in [0.2, 0.25) is 0 Å². The molecular weight excluding hydrogens is 494 g/mol. The maximum absolute atomic E-state index is 14.8. The monoisotopic (exact) mass is 502 g/mol. The lowest BCUT2D eigenvalue weighted by Crippen LogP contribution is -2.25. The summed E-state index contributed by atoms with van der Waals surface area (Å²) < 4.78 is 143. The van der Waals surface area contributed by atoms with Gasteiger partial charge in [-0.2, -0.15) is 22.0 Å². The van der Waals surface area contributed by atoms with Gasteiger partial charge in [-0.3, -0.25) is 0 Å². The Bertz CT molecular complexity index is 1540. The molecule has 0 aliphatic carbocycles. The van der Waals surface area contributed by atoms with Gasteiger partial charge in [0.1, 0.15) is 34.6 Å². The highest BCUT2D eigenvalue weighted by Crippen LogP contribution is 2.39. The zero-order valence-corrected chi connectivity index (χ0v) is 16.8. The molecule has 35 heavy (non-hydrogen) atoms. The topological polar surface area (TPSA) is 9.23 Å². The largest absolute Gasteiger partial charge is 0.458 e. The molecule has 1 nitrogen and oxygen atoms in total. The maximum atomic E-state index is 14.8. The molecule has 0 unspecified atom stereocenters. The summed E-state index contributed by atoms with van der Waals surface area (Å²) in [6.07, 6.45) is -9.80. The van der Waals surface area contributed by atoms with E-state index < -0.39 is 69.0 Å². The van der Waals surface area contributed by atoms with Gasteiger partial charge < -0.3 is 4.74 Å². The standard InChI is InChI=1S/C24H8F10O/c25-16-9-12-7-13(10-17(26)19(12)21(28)15(16)5-6-23(30,31)32)35-24(33,34)20-18(27)8-11-3-1-2-4-14(11)22(20)29/h1-4,7-10H. The van der Waals surface area contributed by atoms with Crippen molar-refractivity contribution in [2.75, 3.05) is 0 Å². The number of hydrogen-bond acceptors (Lipinski definition) is 1. The summed E-state index contributed by atoms with van der Waals surface area (Å²) in [4.78, 5) is 0. The van der Waals surface area contributed by atoms with Gasteiger partial charge in [0.05, 0.1) is 10.9 Å². The van der Waals surface area contributed by atoms with Crippen LogP contribution in [0, 0.1) is 40.9 Å². The predicted octanol–water partition coefficient (Wildman–Crippen LogP) is 7.73. The molecule has 0 aliphatic heterocycles. The van der Waals surface area contributed by atoms with Crippen LogP contribution in [0.4, 0.5) is 43.9 Å². The summed E-state index contributed by atoms with van der Waals surface area (Å²) in [5, 5.41) is -2.15. The first-order valence-electron chi connectivity index (χ1n) is 9.43. The van der Waals surface area contributed by atoms with Crippen molar-refractivity contribution in [3.05, 3.63) is 88.7 Å². The fourth-order valence-electron chi connectivity index (χ4n) is 3.43. The number of benzene rings is 4. The summed E-state index contributed by atoms with van der Waals surface area (Å²) in [6, 6.07) is 6.85. The van der Waals surface area contributed by atoms with Gasteiger partial charge in [0.2, 0.25) is 0 Å². The number of rotatable bonds is 3. The first kappa shape index (κ1) is 24.2. The molecule has 0 amide bonds. The van der Waals surface area contributed by atoms with Crippen molar-refractivity contribution in [1.82, 2.24) is 0 Å². The molecule has 0 atom stereocenters. The van der Waals surface area contributed by atoms with Crippen LogP contribution >= 0.6 is 0 Å². The Morgan fingerprint density at radius 1 is 0.686 bits per heavy atom. The summed E-state index contributed by atoms with van der Waals surface area (Å²) in [5.41, 5.74) is -3.18. The van der Waals surface area contributed by atoms with Gasteiger partial charge in [-0.15, -0.1) is 0 Å². The Morgan fingerprint density at radius 2 is 1.34 bits per heavy atom. The van der Waals surface area contributed by atoms with Crippen molar-refractivity contribution in [1.29, 1.82) is 0 Å². The van der Waals surface area contributed by atoms with Crippen molar-refractivity contribution in [3.63, 3.8) is 0 Å². The molecule has 4 aromatic carbocycles. The molecule has 0 saturated heterocycles. The van der Waals surface area contributed by atoms with Gasteiger partial charge >= 0.3 is 12.3 Å². The zero-order valence-electron chi connectivity index (χ0n) is 16.8. The number of halogens is 10. The molecule has 0 N–H and O–H groups in total. The Balaban J connectivity index is 1.80. The summed E-state index contributed by atoms with van der Waals surface area (Å²) >= 11 is 0. The normalized spacial score (nSPS) is 12.1. The first-order valence-corrected chi connectivity index (χ1v) is 9.43.